The van der Waals surface area contributed by atoms with Crippen LogP contribution in [0, 0.1) is 17.2 Å². The molecule has 0 spiro atoms. The minimum atomic E-state index is -0.811. The van der Waals surface area contributed by atoms with Crippen LogP contribution in [0.15, 0.2) is 72.8 Å². The molecule has 0 fully saturated rings. The van der Waals surface area contributed by atoms with Gasteiger partial charge in [-0.25, -0.2) is 4.98 Å². The monoisotopic (exact) mass is 493 g/mol. The van der Waals surface area contributed by atoms with Crippen LogP contribution >= 0.6 is 0 Å². The van der Waals surface area contributed by atoms with Gasteiger partial charge >= 0.3 is 0 Å². The molecule has 1 aromatic heterocycles. The molecule has 194 valence electrons. The van der Waals surface area contributed by atoms with E-state index in [1.54, 1.807) is 25.3 Å². The Bertz CT molecular complexity index is 1000. The molecular weight excluding hydrogens is 454 g/mol. The molecule has 1 aromatic rings. The number of ether oxygens (including phenoxy) is 3. The van der Waals surface area contributed by atoms with Gasteiger partial charge in [-0.15, -0.1) is 6.58 Å². The maximum Gasteiger partial charge on any atom is 0.245 e. The Labute approximate surface area is 215 Å². The van der Waals surface area contributed by atoms with E-state index >= 15 is 0 Å². The van der Waals surface area contributed by atoms with Gasteiger partial charge in [-0.05, 0) is 44.9 Å². The summed E-state index contributed by atoms with van der Waals surface area (Å²) in [4.78, 5) is 16.3. The number of carbonyl (C=O) groups is 1. The molecule has 1 amide bonds. The Kier molecular flexibility index (Phi) is 15.0. The molecule has 0 saturated heterocycles. The van der Waals surface area contributed by atoms with Gasteiger partial charge in [-0.2, -0.15) is 5.26 Å². The van der Waals surface area contributed by atoms with Gasteiger partial charge in [0, 0.05) is 30.0 Å². The summed E-state index contributed by atoms with van der Waals surface area (Å²) in [5.41, 5.74) is 2.34. The van der Waals surface area contributed by atoms with E-state index in [2.05, 4.69) is 16.9 Å². The minimum absolute atomic E-state index is 0.0611. The summed E-state index contributed by atoms with van der Waals surface area (Å²) in [5, 5.41) is 11.9. The van der Waals surface area contributed by atoms with Gasteiger partial charge in [0.25, 0.3) is 0 Å². The van der Waals surface area contributed by atoms with Crippen molar-refractivity contribution >= 4 is 11.5 Å². The van der Waals surface area contributed by atoms with Crippen LogP contribution in [0.1, 0.15) is 53.0 Å². The van der Waals surface area contributed by atoms with Gasteiger partial charge in [-0.1, -0.05) is 44.2 Å². The number of nitriles is 1. The van der Waals surface area contributed by atoms with Crippen molar-refractivity contribution < 1.29 is 19.0 Å². The van der Waals surface area contributed by atoms with E-state index in [1.807, 2.05) is 70.2 Å². The highest BCUT2D eigenvalue weighted by Crippen LogP contribution is 2.24. The van der Waals surface area contributed by atoms with Crippen molar-refractivity contribution in [3.8, 4) is 11.9 Å². The lowest BCUT2D eigenvalue weighted by Crippen LogP contribution is -2.26. The fraction of sp³-hybridized carbons (Fsp3) is 0.414. The van der Waals surface area contributed by atoms with Crippen LogP contribution in [0.2, 0.25) is 0 Å². The predicted octanol–water partition coefficient (Wildman–Crippen LogP) is 5.89. The fourth-order valence-electron chi connectivity index (χ4n) is 3.23. The third-order valence-corrected chi connectivity index (χ3v) is 4.94. The molecule has 7 nitrogen and oxygen atoms in total. The maximum absolute atomic E-state index is 12.0. The third-order valence-electron chi connectivity index (χ3n) is 4.94. The highest BCUT2D eigenvalue weighted by Gasteiger charge is 2.19. The van der Waals surface area contributed by atoms with Crippen LogP contribution in [0.25, 0.3) is 5.57 Å². The summed E-state index contributed by atoms with van der Waals surface area (Å²) >= 11 is 0. The molecule has 2 atom stereocenters. The zero-order valence-corrected chi connectivity index (χ0v) is 22.1. The Hall–Kier alpha value is -3.63. The van der Waals surface area contributed by atoms with Crippen LogP contribution in [-0.2, 0) is 14.3 Å². The van der Waals surface area contributed by atoms with Crippen molar-refractivity contribution in [2.45, 2.75) is 53.6 Å². The fourth-order valence-corrected chi connectivity index (χ4v) is 3.23. The second kappa shape index (κ2) is 17.8. The number of hydrogen-bond donors (Lipinski definition) is 1. The maximum atomic E-state index is 12.0. The lowest BCUT2D eigenvalue weighted by atomic mass is 10.0. The number of aromatic nitrogens is 1. The molecule has 36 heavy (non-hydrogen) atoms. The number of nitrogens with zero attached hydrogens (tertiary/aromatic N) is 2. The predicted molar refractivity (Wildman–Crippen MR) is 144 cm³/mol. The average Bonchev–Trinajstić information content (AvgIpc) is 3.02. The van der Waals surface area contributed by atoms with Gasteiger partial charge in [-0.3, -0.25) is 4.79 Å². The number of nitrogens with one attached hydrogen (secondary N) is 1. The van der Waals surface area contributed by atoms with E-state index in [0.717, 1.165) is 16.9 Å². The number of hydrogen-bond acceptors (Lipinski definition) is 6. The molecule has 2 heterocycles. The largest absolute Gasteiger partial charge is 0.499 e. The Morgan fingerprint density at radius 3 is 2.83 bits per heavy atom. The number of allylic oxidation sites excluding steroid dienone is 6. The smallest absolute Gasteiger partial charge is 0.245 e. The van der Waals surface area contributed by atoms with Crippen molar-refractivity contribution in [3.05, 3.63) is 78.4 Å². The number of rotatable bonds is 13. The van der Waals surface area contributed by atoms with E-state index in [4.69, 9.17) is 19.5 Å². The molecule has 1 aliphatic rings. The average molecular weight is 494 g/mol. The van der Waals surface area contributed by atoms with Gasteiger partial charge in [0.1, 0.15) is 5.92 Å². The van der Waals surface area contributed by atoms with Crippen molar-refractivity contribution in [3.63, 3.8) is 0 Å². The van der Waals surface area contributed by atoms with Gasteiger partial charge in [0.2, 0.25) is 11.8 Å². The first-order chi connectivity index (χ1) is 17.5. The van der Waals surface area contributed by atoms with E-state index in [9.17, 15) is 4.79 Å². The van der Waals surface area contributed by atoms with Crippen LogP contribution in [-0.4, -0.2) is 36.8 Å². The van der Waals surface area contributed by atoms with Crippen molar-refractivity contribution in [2.75, 3.05) is 19.8 Å². The highest BCUT2D eigenvalue weighted by molar-refractivity contribution is 5.90. The first-order valence-electron chi connectivity index (χ1n) is 12.4. The summed E-state index contributed by atoms with van der Waals surface area (Å²) in [7, 11) is 0. The minimum Gasteiger partial charge on any atom is -0.499 e. The van der Waals surface area contributed by atoms with Crippen molar-refractivity contribution in [1.82, 2.24) is 10.3 Å². The first-order valence-corrected chi connectivity index (χ1v) is 12.4. The molecule has 0 aliphatic carbocycles. The third kappa shape index (κ3) is 10.7. The SMILES string of the molecule is C=CCC(C=C/C=C(\C)OCC)OCCCOc1cc(C2=C(C)NC(=O)C(C#N)C=C2)ccn1.CC. The van der Waals surface area contributed by atoms with Crippen LogP contribution < -0.4 is 10.1 Å². The van der Waals surface area contributed by atoms with E-state index in [1.165, 1.54) is 0 Å². The lowest BCUT2D eigenvalue weighted by molar-refractivity contribution is -0.121. The summed E-state index contributed by atoms with van der Waals surface area (Å²) in [5.74, 6) is 0.200. The molecular formula is C29H39N3O4. The van der Waals surface area contributed by atoms with E-state index in [0.29, 0.717) is 44.2 Å². The highest BCUT2D eigenvalue weighted by atomic mass is 16.5. The van der Waals surface area contributed by atoms with Crippen molar-refractivity contribution in [1.29, 1.82) is 5.26 Å². The zero-order chi connectivity index (χ0) is 26.8. The second-order valence-corrected chi connectivity index (χ2v) is 7.61. The van der Waals surface area contributed by atoms with Crippen molar-refractivity contribution in [2.24, 2.45) is 5.92 Å². The molecule has 2 rings (SSSR count). The molecule has 1 aliphatic heterocycles. The van der Waals surface area contributed by atoms with E-state index in [-0.39, 0.29) is 12.0 Å². The molecule has 2 unspecified atom stereocenters. The molecule has 0 aromatic carbocycles. The second-order valence-electron chi connectivity index (χ2n) is 7.61. The zero-order valence-electron chi connectivity index (χ0n) is 22.1. The Morgan fingerprint density at radius 1 is 1.36 bits per heavy atom. The van der Waals surface area contributed by atoms with Gasteiger partial charge in [0.15, 0.2) is 0 Å². The van der Waals surface area contributed by atoms with Gasteiger partial charge < -0.3 is 19.5 Å². The quantitative estimate of drug-likeness (QED) is 0.159. The summed E-state index contributed by atoms with van der Waals surface area (Å²) in [6.07, 6.45) is 14.1. The summed E-state index contributed by atoms with van der Waals surface area (Å²) < 4.78 is 17.1. The molecule has 0 radical (unpaired) electrons. The Morgan fingerprint density at radius 2 is 2.14 bits per heavy atom. The van der Waals surface area contributed by atoms with Gasteiger partial charge in [0.05, 0.1) is 37.8 Å². The van der Waals surface area contributed by atoms with Crippen LogP contribution in [0.3, 0.4) is 0 Å². The summed E-state index contributed by atoms with van der Waals surface area (Å²) in [6, 6.07) is 5.64. The lowest BCUT2D eigenvalue weighted by Gasteiger charge is -2.13. The van der Waals surface area contributed by atoms with Crippen LogP contribution in [0.4, 0.5) is 0 Å². The topological polar surface area (TPSA) is 93.5 Å². The van der Waals surface area contributed by atoms with Crippen LogP contribution in [0.5, 0.6) is 5.88 Å². The molecule has 0 bridgehead atoms. The number of carbonyl (C=O) groups excluding carboxylic acids is 1. The number of pyridine rings is 1. The molecule has 1 N–H and O–H groups in total. The summed E-state index contributed by atoms with van der Waals surface area (Å²) in [6.45, 7) is 15.1. The van der Waals surface area contributed by atoms with E-state index < -0.39 is 5.92 Å². The Balaban J connectivity index is 0.00000316. The first kappa shape index (κ1) is 30.4. The molecule has 7 heteroatoms. The standard InChI is InChI=1S/C27H33N3O4.C2H6/c1-5-9-24(11-7-10-20(3)32-6-2)33-16-8-17-34-26-18-22(14-15-29-26)25-13-12-23(19-28)27(31)30-21(25)4;1-2/h5,7,10-15,18,23-24H,1,6,8-9,16-17H2,2-4H3,(H,30,31);1-2H3/b11-7?,20-10+;. The normalized spacial score (nSPS) is 16.4. The molecule has 0 saturated carbocycles. The number of amides is 1.